The van der Waals surface area contributed by atoms with Gasteiger partial charge in [0.25, 0.3) is 0 Å². The molecule has 0 radical (unpaired) electrons. The van der Waals surface area contributed by atoms with Crippen LogP contribution >= 0.6 is 11.3 Å². The summed E-state index contributed by atoms with van der Waals surface area (Å²) in [5.41, 5.74) is 0.943. The van der Waals surface area contributed by atoms with Gasteiger partial charge in [0.05, 0.1) is 6.10 Å². The molecule has 86 valence electrons. The fourth-order valence-electron chi connectivity index (χ4n) is 1.18. The predicted octanol–water partition coefficient (Wildman–Crippen LogP) is 0.990. The molecule has 0 fully saturated rings. The lowest BCUT2D eigenvalue weighted by atomic mass is 10.2. The predicted molar refractivity (Wildman–Crippen MR) is 60.0 cm³/mol. The Morgan fingerprint density at radius 3 is 2.67 bits per heavy atom. The Morgan fingerprint density at radius 2 is 2.13 bits per heavy atom. The van der Waals surface area contributed by atoms with Gasteiger partial charge < -0.3 is 19.9 Å². The van der Waals surface area contributed by atoms with Crippen LogP contribution in [0.2, 0.25) is 0 Å². The van der Waals surface area contributed by atoms with E-state index in [-0.39, 0.29) is 6.29 Å². The largest absolute Gasteiger partial charge is 0.387 e. The summed E-state index contributed by atoms with van der Waals surface area (Å²) in [4.78, 5) is 0. The monoisotopic (exact) mass is 231 g/mol. The zero-order valence-electron chi connectivity index (χ0n) is 8.97. The van der Waals surface area contributed by atoms with Crippen LogP contribution in [0.25, 0.3) is 0 Å². The topological polar surface area (TPSA) is 50.7 Å². The Morgan fingerprint density at radius 1 is 1.40 bits per heavy atom. The molecule has 0 aromatic carbocycles. The number of hydrogen-bond donors (Lipinski definition) is 2. The van der Waals surface area contributed by atoms with E-state index in [1.807, 2.05) is 16.8 Å². The molecular formula is C10H17NO3S. The highest BCUT2D eigenvalue weighted by atomic mass is 32.1. The van der Waals surface area contributed by atoms with Gasteiger partial charge in [0.15, 0.2) is 6.29 Å². The van der Waals surface area contributed by atoms with Crippen LogP contribution in [-0.4, -0.2) is 38.7 Å². The van der Waals surface area contributed by atoms with E-state index in [9.17, 15) is 5.11 Å². The number of rotatable bonds is 7. The molecule has 1 unspecified atom stereocenters. The zero-order valence-corrected chi connectivity index (χ0v) is 9.79. The first-order valence-electron chi connectivity index (χ1n) is 4.74. The van der Waals surface area contributed by atoms with E-state index in [1.165, 1.54) is 0 Å². The van der Waals surface area contributed by atoms with Crippen molar-refractivity contribution < 1.29 is 14.6 Å². The summed E-state index contributed by atoms with van der Waals surface area (Å²) in [6.45, 7) is 1.06. The number of methoxy groups -OCH3 is 2. The van der Waals surface area contributed by atoms with E-state index >= 15 is 0 Å². The van der Waals surface area contributed by atoms with E-state index < -0.39 is 6.10 Å². The van der Waals surface area contributed by atoms with E-state index in [4.69, 9.17) is 9.47 Å². The third-order valence-electron chi connectivity index (χ3n) is 2.10. The Hall–Kier alpha value is -0.460. The second kappa shape index (κ2) is 6.92. The average molecular weight is 231 g/mol. The van der Waals surface area contributed by atoms with Gasteiger partial charge in [-0.3, -0.25) is 0 Å². The van der Waals surface area contributed by atoms with E-state index in [1.54, 1.807) is 25.6 Å². The smallest absolute Gasteiger partial charge is 0.169 e. The molecular weight excluding hydrogens is 214 g/mol. The van der Waals surface area contributed by atoms with Crippen molar-refractivity contribution in [2.75, 3.05) is 27.3 Å². The van der Waals surface area contributed by atoms with Crippen molar-refractivity contribution in [3.05, 3.63) is 22.4 Å². The maximum atomic E-state index is 9.73. The molecule has 1 atom stereocenters. The minimum atomic E-state index is -0.467. The zero-order chi connectivity index (χ0) is 11.1. The molecule has 0 saturated heterocycles. The van der Waals surface area contributed by atoms with Crippen molar-refractivity contribution in [2.45, 2.75) is 12.4 Å². The Labute approximate surface area is 93.8 Å². The molecule has 5 heteroatoms. The van der Waals surface area contributed by atoms with Crippen LogP contribution in [0.15, 0.2) is 16.8 Å². The van der Waals surface area contributed by atoms with E-state index in [0.29, 0.717) is 13.1 Å². The molecule has 0 saturated carbocycles. The van der Waals surface area contributed by atoms with Crippen LogP contribution in [0.3, 0.4) is 0 Å². The number of aliphatic hydroxyl groups is 1. The lowest BCUT2D eigenvalue weighted by molar-refractivity contribution is -0.0994. The number of hydrogen-bond acceptors (Lipinski definition) is 5. The van der Waals surface area contributed by atoms with Gasteiger partial charge in [-0.05, 0) is 22.4 Å². The first-order valence-corrected chi connectivity index (χ1v) is 5.68. The molecule has 15 heavy (non-hydrogen) atoms. The second-order valence-electron chi connectivity index (χ2n) is 3.13. The molecule has 4 nitrogen and oxygen atoms in total. The fourth-order valence-corrected chi connectivity index (χ4v) is 1.89. The SMILES string of the molecule is COC(CNCC(O)c1ccsc1)OC. The standard InChI is InChI=1S/C10H17NO3S/c1-13-10(14-2)6-11-5-9(12)8-3-4-15-7-8/h3-4,7,9-12H,5-6H2,1-2H3. The third kappa shape index (κ3) is 4.27. The highest BCUT2D eigenvalue weighted by Crippen LogP contribution is 2.14. The minimum absolute atomic E-state index is 0.264. The lowest BCUT2D eigenvalue weighted by Crippen LogP contribution is -2.32. The normalized spacial score (nSPS) is 13.3. The van der Waals surface area contributed by atoms with Gasteiger partial charge in [0, 0.05) is 27.3 Å². The van der Waals surface area contributed by atoms with Crippen molar-refractivity contribution >= 4 is 11.3 Å². The van der Waals surface area contributed by atoms with Gasteiger partial charge in [-0.1, -0.05) is 0 Å². The average Bonchev–Trinajstić information content (AvgIpc) is 2.77. The molecule has 1 heterocycles. The van der Waals surface area contributed by atoms with Gasteiger partial charge in [0.2, 0.25) is 0 Å². The number of aliphatic hydroxyl groups excluding tert-OH is 1. The summed E-state index contributed by atoms with van der Waals surface area (Å²) in [6.07, 6.45) is -0.731. The molecule has 0 aliphatic carbocycles. The van der Waals surface area contributed by atoms with Crippen LogP contribution in [0.4, 0.5) is 0 Å². The Bertz CT molecular complexity index is 249. The van der Waals surface area contributed by atoms with Gasteiger partial charge in [0.1, 0.15) is 0 Å². The van der Waals surface area contributed by atoms with Gasteiger partial charge in [-0.15, -0.1) is 0 Å². The molecule has 0 aliphatic heterocycles. The molecule has 0 bridgehead atoms. The molecule has 0 aliphatic rings. The van der Waals surface area contributed by atoms with Crippen molar-refractivity contribution in [1.29, 1.82) is 0 Å². The summed E-state index contributed by atoms with van der Waals surface area (Å²) in [5.74, 6) is 0. The number of nitrogens with one attached hydrogen (secondary N) is 1. The van der Waals surface area contributed by atoms with Crippen LogP contribution in [0.1, 0.15) is 11.7 Å². The first-order chi connectivity index (χ1) is 7.27. The minimum Gasteiger partial charge on any atom is -0.387 e. The summed E-state index contributed by atoms with van der Waals surface area (Å²) >= 11 is 1.58. The van der Waals surface area contributed by atoms with Gasteiger partial charge in [-0.25, -0.2) is 0 Å². The lowest BCUT2D eigenvalue weighted by Gasteiger charge is -2.15. The molecule has 0 spiro atoms. The molecule has 0 amide bonds. The number of ether oxygens (including phenoxy) is 2. The quantitative estimate of drug-likeness (QED) is 0.687. The van der Waals surface area contributed by atoms with Crippen molar-refractivity contribution in [2.24, 2.45) is 0 Å². The molecule has 2 N–H and O–H groups in total. The molecule has 1 rings (SSSR count). The molecule has 1 aromatic heterocycles. The van der Waals surface area contributed by atoms with E-state index in [2.05, 4.69) is 5.32 Å². The maximum absolute atomic E-state index is 9.73. The summed E-state index contributed by atoms with van der Waals surface area (Å²) in [7, 11) is 3.18. The van der Waals surface area contributed by atoms with Gasteiger partial charge >= 0.3 is 0 Å². The second-order valence-corrected chi connectivity index (χ2v) is 3.91. The van der Waals surface area contributed by atoms with Crippen LogP contribution in [-0.2, 0) is 9.47 Å². The van der Waals surface area contributed by atoms with Crippen molar-refractivity contribution in [3.63, 3.8) is 0 Å². The fraction of sp³-hybridized carbons (Fsp3) is 0.600. The van der Waals surface area contributed by atoms with Crippen molar-refractivity contribution in [1.82, 2.24) is 5.32 Å². The molecule has 1 aromatic rings. The van der Waals surface area contributed by atoms with Gasteiger partial charge in [-0.2, -0.15) is 11.3 Å². The summed E-state index contributed by atoms with van der Waals surface area (Å²) in [6, 6.07) is 1.92. The van der Waals surface area contributed by atoms with Crippen LogP contribution < -0.4 is 5.32 Å². The Balaban J connectivity index is 2.20. The number of thiophene rings is 1. The van der Waals surface area contributed by atoms with Crippen LogP contribution in [0.5, 0.6) is 0 Å². The van der Waals surface area contributed by atoms with Crippen LogP contribution in [0, 0.1) is 0 Å². The van der Waals surface area contributed by atoms with E-state index in [0.717, 1.165) is 5.56 Å². The van der Waals surface area contributed by atoms with Crippen molar-refractivity contribution in [3.8, 4) is 0 Å². The highest BCUT2D eigenvalue weighted by Gasteiger charge is 2.09. The summed E-state index contributed by atoms with van der Waals surface area (Å²) in [5, 5.41) is 16.7. The maximum Gasteiger partial charge on any atom is 0.169 e. The summed E-state index contributed by atoms with van der Waals surface area (Å²) < 4.78 is 10.0. The Kier molecular flexibility index (Phi) is 5.82. The third-order valence-corrected chi connectivity index (χ3v) is 2.80. The first kappa shape index (κ1) is 12.6. The highest BCUT2D eigenvalue weighted by molar-refractivity contribution is 7.07.